The Morgan fingerprint density at radius 3 is 2.50 bits per heavy atom. The number of hydrogen-bond acceptors (Lipinski definition) is 3. The molecular weight excluding hydrogens is 172 g/mol. The van der Waals surface area contributed by atoms with Gasteiger partial charge in [0.1, 0.15) is 4.93 Å². The van der Waals surface area contributed by atoms with Gasteiger partial charge in [-0.2, -0.15) is 0 Å². The Hall–Kier alpha value is -0.670. The standard InChI is InChI=1S/C9H12O2S/c1-9(11,12-2)7-5-3-4-6-8(7)10/h3-6,10-11H,1-2H3/p-1. The molecule has 1 rings (SSSR count). The van der Waals surface area contributed by atoms with Crippen molar-refractivity contribution in [2.45, 2.75) is 11.9 Å². The Bertz CT molecular complexity index is 271. The Morgan fingerprint density at radius 2 is 2.00 bits per heavy atom. The molecule has 0 heterocycles. The molecule has 0 bridgehead atoms. The predicted octanol–water partition coefficient (Wildman–Crippen LogP) is 1.29. The van der Waals surface area contributed by atoms with E-state index in [1.54, 1.807) is 31.4 Å². The lowest BCUT2D eigenvalue weighted by Gasteiger charge is -2.26. The molecule has 66 valence electrons. The first-order valence-electron chi connectivity index (χ1n) is 3.62. The highest BCUT2D eigenvalue weighted by atomic mass is 32.2. The predicted molar refractivity (Wildman–Crippen MR) is 49.0 cm³/mol. The van der Waals surface area contributed by atoms with E-state index in [4.69, 9.17) is 0 Å². The second kappa shape index (κ2) is 3.37. The zero-order valence-corrected chi connectivity index (χ0v) is 7.89. The summed E-state index contributed by atoms with van der Waals surface area (Å²) in [5.41, 5.74) is 0.442. The zero-order valence-electron chi connectivity index (χ0n) is 7.07. The minimum Gasteiger partial charge on any atom is -0.872 e. The van der Waals surface area contributed by atoms with Crippen molar-refractivity contribution in [3.63, 3.8) is 0 Å². The fourth-order valence-corrected chi connectivity index (χ4v) is 1.35. The van der Waals surface area contributed by atoms with Gasteiger partial charge in [0, 0.05) is 0 Å². The number of aliphatic hydroxyl groups is 1. The molecule has 1 N–H and O–H groups in total. The molecule has 0 amide bonds. The Morgan fingerprint density at radius 1 is 1.42 bits per heavy atom. The van der Waals surface area contributed by atoms with Gasteiger partial charge in [-0.3, -0.25) is 0 Å². The van der Waals surface area contributed by atoms with E-state index in [0.29, 0.717) is 5.56 Å². The highest BCUT2D eigenvalue weighted by Gasteiger charge is 2.21. The molecule has 0 saturated carbocycles. The van der Waals surface area contributed by atoms with Crippen LogP contribution in [0.1, 0.15) is 12.5 Å². The Balaban J connectivity index is 3.10. The lowest BCUT2D eigenvalue weighted by atomic mass is 10.1. The lowest BCUT2D eigenvalue weighted by molar-refractivity contribution is -0.270. The van der Waals surface area contributed by atoms with Gasteiger partial charge in [0.15, 0.2) is 0 Å². The fraction of sp³-hybridized carbons (Fsp3) is 0.333. The van der Waals surface area contributed by atoms with Crippen LogP contribution in [0.15, 0.2) is 24.3 Å². The van der Waals surface area contributed by atoms with Gasteiger partial charge in [0.05, 0.1) is 0 Å². The van der Waals surface area contributed by atoms with Crippen molar-refractivity contribution in [1.82, 2.24) is 0 Å². The third kappa shape index (κ3) is 1.73. The maximum absolute atomic E-state index is 11.3. The van der Waals surface area contributed by atoms with E-state index in [-0.39, 0.29) is 5.75 Å². The Kier molecular flexibility index (Phi) is 2.65. The lowest BCUT2D eigenvalue weighted by Crippen LogP contribution is -2.17. The third-order valence-electron chi connectivity index (χ3n) is 1.78. The summed E-state index contributed by atoms with van der Waals surface area (Å²) >= 11 is 1.25. The van der Waals surface area contributed by atoms with Crippen LogP contribution in [0.2, 0.25) is 0 Å². The second-order valence-electron chi connectivity index (χ2n) is 2.68. The van der Waals surface area contributed by atoms with Crippen LogP contribution in [0.25, 0.3) is 0 Å². The van der Waals surface area contributed by atoms with E-state index in [1.807, 2.05) is 0 Å². The molecular formula is C9H11O2S-. The van der Waals surface area contributed by atoms with E-state index in [1.165, 1.54) is 17.8 Å². The van der Waals surface area contributed by atoms with Crippen LogP contribution in [0.5, 0.6) is 5.75 Å². The summed E-state index contributed by atoms with van der Waals surface area (Å²) in [7, 11) is 0. The van der Waals surface area contributed by atoms with E-state index < -0.39 is 4.93 Å². The van der Waals surface area contributed by atoms with Crippen LogP contribution in [-0.2, 0) is 4.93 Å². The molecule has 1 atom stereocenters. The first kappa shape index (κ1) is 9.42. The monoisotopic (exact) mass is 183 g/mol. The first-order chi connectivity index (χ1) is 5.58. The topological polar surface area (TPSA) is 43.3 Å². The van der Waals surface area contributed by atoms with Crippen LogP contribution in [-0.4, -0.2) is 11.4 Å². The number of para-hydroxylation sites is 1. The van der Waals surface area contributed by atoms with Crippen LogP contribution in [0, 0.1) is 0 Å². The van der Waals surface area contributed by atoms with Gasteiger partial charge in [-0.1, -0.05) is 24.3 Å². The zero-order chi connectivity index (χ0) is 9.19. The number of rotatable bonds is 2. The molecule has 0 spiro atoms. The third-order valence-corrected chi connectivity index (χ3v) is 2.80. The first-order valence-corrected chi connectivity index (χ1v) is 4.84. The molecule has 3 heteroatoms. The number of hydrogen-bond donors (Lipinski definition) is 1. The molecule has 1 aromatic rings. The van der Waals surface area contributed by atoms with E-state index in [9.17, 15) is 10.2 Å². The maximum Gasteiger partial charge on any atom is 0.132 e. The summed E-state index contributed by atoms with van der Waals surface area (Å²) in [4.78, 5) is -1.07. The van der Waals surface area contributed by atoms with Crippen LogP contribution in [0.3, 0.4) is 0 Å². The molecule has 0 aliphatic heterocycles. The van der Waals surface area contributed by atoms with Crippen molar-refractivity contribution in [1.29, 1.82) is 0 Å². The van der Waals surface area contributed by atoms with Crippen molar-refractivity contribution < 1.29 is 10.2 Å². The van der Waals surface area contributed by atoms with Crippen molar-refractivity contribution in [2.75, 3.05) is 6.26 Å². The summed E-state index contributed by atoms with van der Waals surface area (Å²) in [5.74, 6) is -0.114. The molecule has 0 aliphatic carbocycles. The fourth-order valence-electron chi connectivity index (χ4n) is 0.960. The van der Waals surface area contributed by atoms with E-state index in [2.05, 4.69) is 0 Å². The molecule has 0 fully saturated rings. The van der Waals surface area contributed by atoms with Crippen molar-refractivity contribution in [3.8, 4) is 5.75 Å². The maximum atomic E-state index is 11.3. The van der Waals surface area contributed by atoms with Gasteiger partial charge < -0.3 is 10.2 Å². The summed E-state index contributed by atoms with van der Waals surface area (Å²) in [6.45, 7) is 1.62. The quantitative estimate of drug-likeness (QED) is 0.702. The molecule has 1 unspecified atom stereocenters. The van der Waals surface area contributed by atoms with Gasteiger partial charge in [-0.15, -0.1) is 17.5 Å². The highest BCUT2D eigenvalue weighted by molar-refractivity contribution is 7.99. The van der Waals surface area contributed by atoms with Crippen molar-refractivity contribution in [2.24, 2.45) is 0 Å². The minimum atomic E-state index is -1.07. The van der Waals surface area contributed by atoms with Crippen molar-refractivity contribution in [3.05, 3.63) is 29.8 Å². The molecule has 0 radical (unpaired) electrons. The molecule has 0 aliphatic rings. The van der Waals surface area contributed by atoms with Gasteiger partial charge in [-0.05, 0) is 18.7 Å². The SMILES string of the molecule is CSC(C)(O)c1ccccc1[O-]. The van der Waals surface area contributed by atoms with Crippen LogP contribution >= 0.6 is 11.8 Å². The van der Waals surface area contributed by atoms with E-state index >= 15 is 0 Å². The molecule has 0 aromatic heterocycles. The average molecular weight is 183 g/mol. The van der Waals surface area contributed by atoms with Crippen molar-refractivity contribution >= 4 is 11.8 Å². The molecule has 1 aromatic carbocycles. The number of thioether (sulfide) groups is 1. The van der Waals surface area contributed by atoms with Crippen LogP contribution in [0.4, 0.5) is 0 Å². The second-order valence-corrected chi connectivity index (χ2v) is 3.89. The summed E-state index contributed by atoms with van der Waals surface area (Å²) < 4.78 is 0. The average Bonchev–Trinajstić information content (AvgIpc) is 2.05. The minimum absolute atomic E-state index is 0.114. The normalized spacial score (nSPS) is 15.6. The smallest absolute Gasteiger partial charge is 0.132 e. The summed E-state index contributed by atoms with van der Waals surface area (Å²) in [6.07, 6.45) is 1.77. The summed E-state index contributed by atoms with van der Waals surface area (Å²) in [6, 6.07) is 6.53. The van der Waals surface area contributed by atoms with Gasteiger partial charge in [0.2, 0.25) is 0 Å². The van der Waals surface area contributed by atoms with Gasteiger partial charge in [0.25, 0.3) is 0 Å². The van der Waals surface area contributed by atoms with Gasteiger partial charge >= 0.3 is 0 Å². The molecule has 0 saturated heterocycles. The number of benzene rings is 1. The van der Waals surface area contributed by atoms with Crippen LogP contribution < -0.4 is 5.11 Å². The summed E-state index contributed by atoms with van der Waals surface area (Å²) in [5, 5.41) is 21.0. The Labute approximate surface area is 76.2 Å². The molecule has 12 heavy (non-hydrogen) atoms. The largest absolute Gasteiger partial charge is 0.872 e. The van der Waals surface area contributed by atoms with E-state index in [0.717, 1.165) is 0 Å². The highest BCUT2D eigenvalue weighted by Crippen LogP contribution is 2.34. The molecule has 2 nitrogen and oxygen atoms in total. The van der Waals surface area contributed by atoms with Gasteiger partial charge in [-0.25, -0.2) is 0 Å².